The normalized spacial score (nSPS) is 10.9. The number of hydrogen-bond acceptors (Lipinski definition) is 5. The summed E-state index contributed by atoms with van der Waals surface area (Å²) in [5.41, 5.74) is 4.58. The van der Waals surface area contributed by atoms with Gasteiger partial charge < -0.3 is 4.74 Å². The molecule has 2 aromatic heterocycles. The van der Waals surface area contributed by atoms with Crippen molar-refractivity contribution < 1.29 is 9.53 Å². The summed E-state index contributed by atoms with van der Waals surface area (Å²) in [6.07, 6.45) is 3.51. The number of benzene rings is 2. The quantitative estimate of drug-likeness (QED) is 0.412. The number of thiazole rings is 1. The van der Waals surface area contributed by atoms with E-state index < -0.39 is 0 Å². The van der Waals surface area contributed by atoms with Gasteiger partial charge in [0.15, 0.2) is 5.13 Å². The molecule has 152 valence electrons. The van der Waals surface area contributed by atoms with Gasteiger partial charge in [0.1, 0.15) is 5.75 Å². The first-order chi connectivity index (χ1) is 14.5. The molecule has 2 heterocycles. The van der Waals surface area contributed by atoms with Crippen LogP contribution in [0.3, 0.4) is 0 Å². The first-order valence-corrected chi connectivity index (χ1v) is 10.7. The molecule has 0 aliphatic rings. The van der Waals surface area contributed by atoms with Gasteiger partial charge >= 0.3 is 0 Å². The summed E-state index contributed by atoms with van der Waals surface area (Å²) in [6.45, 7) is 6.97. The Morgan fingerprint density at radius 2 is 1.90 bits per heavy atom. The number of rotatable bonds is 6. The van der Waals surface area contributed by atoms with Crippen molar-refractivity contribution in [2.24, 2.45) is 0 Å². The zero-order valence-electron chi connectivity index (χ0n) is 17.3. The lowest BCUT2D eigenvalue weighted by Gasteiger charge is -2.20. The van der Waals surface area contributed by atoms with Gasteiger partial charge in [0, 0.05) is 18.0 Å². The van der Waals surface area contributed by atoms with Crippen molar-refractivity contribution in [1.82, 2.24) is 9.97 Å². The van der Waals surface area contributed by atoms with E-state index in [4.69, 9.17) is 9.72 Å². The summed E-state index contributed by atoms with van der Waals surface area (Å²) in [7, 11) is 0. The summed E-state index contributed by atoms with van der Waals surface area (Å²) in [5.74, 6) is 0.731. The highest BCUT2D eigenvalue weighted by molar-refractivity contribution is 7.22. The van der Waals surface area contributed by atoms with Crippen molar-refractivity contribution in [3.05, 3.63) is 83.2 Å². The maximum absolute atomic E-state index is 13.5. The van der Waals surface area contributed by atoms with Gasteiger partial charge in [0.05, 0.1) is 23.4 Å². The van der Waals surface area contributed by atoms with Crippen molar-refractivity contribution in [2.75, 3.05) is 11.5 Å². The molecule has 0 aliphatic heterocycles. The van der Waals surface area contributed by atoms with Crippen LogP contribution in [0.2, 0.25) is 0 Å². The summed E-state index contributed by atoms with van der Waals surface area (Å²) in [4.78, 5) is 24.2. The lowest BCUT2D eigenvalue weighted by Crippen LogP contribution is -2.30. The van der Waals surface area contributed by atoms with Gasteiger partial charge in [-0.2, -0.15) is 0 Å². The lowest BCUT2D eigenvalue weighted by molar-refractivity contribution is 0.0985. The number of ether oxygens (including phenoxy) is 1. The predicted molar refractivity (Wildman–Crippen MR) is 121 cm³/mol. The Morgan fingerprint density at radius 3 is 2.60 bits per heavy atom. The molecule has 0 atom stereocenters. The molecule has 0 fully saturated rings. The molecule has 0 N–H and O–H groups in total. The minimum Gasteiger partial charge on any atom is -0.494 e. The molecule has 4 rings (SSSR count). The first-order valence-electron chi connectivity index (χ1n) is 9.86. The molecule has 0 bridgehead atoms. The zero-order chi connectivity index (χ0) is 21.1. The molecule has 0 saturated carbocycles. The van der Waals surface area contributed by atoms with E-state index in [-0.39, 0.29) is 5.91 Å². The molecule has 0 aliphatic carbocycles. The number of anilines is 1. The van der Waals surface area contributed by atoms with Gasteiger partial charge in [-0.1, -0.05) is 34.6 Å². The SMILES string of the molecule is CCOc1ccc2nc(N(Cc3cccnc3)C(=O)c3cc(C)cc(C)c3)sc2c1. The fourth-order valence-corrected chi connectivity index (χ4v) is 4.41. The molecule has 0 saturated heterocycles. The number of aryl methyl sites for hydroxylation is 2. The second kappa shape index (κ2) is 8.63. The standard InChI is InChI=1S/C24H23N3O2S/c1-4-29-20-7-8-21-22(13-20)30-24(26-21)27(15-18-6-5-9-25-14-18)23(28)19-11-16(2)10-17(3)12-19/h5-14H,4,15H2,1-3H3. The Bertz CT molecular complexity index is 1170. The van der Waals surface area contributed by atoms with E-state index in [1.165, 1.54) is 11.3 Å². The fourth-order valence-electron chi connectivity index (χ4n) is 3.42. The Hall–Kier alpha value is -3.25. The van der Waals surface area contributed by atoms with Crippen LogP contribution in [0.5, 0.6) is 5.75 Å². The highest BCUT2D eigenvalue weighted by Gasteiger charge is 2.22. The Labute approximate surface area is 180 Å². The second-order valence-electron chi connectivity index (χ2n) is 7.19. The van der Waals surface area contributed by atoms with Gasteiger partial charge in [-0.3, -0.25) is 14.7 Å². The van der Waals surface area contributed by atoms with Gasteiger partial charge in [-0.15, -0.1) is 0 Å². The molecule has 5 nitrogen and oxygen atoms in total. The predicted octanol–water partition coefficient (Wildman–Crippen LogP) is 5.55. The molecule has 4 aromatic rings. The van der Waals surface area contributed by atoms with Crippen LogP contribution in [-0.2, 0) is 6.54 Å². The highest BCUT2D eigenvalue weighted by Crippen LogP contribution is 2.33. The minimum absolute atomic E-state index is 0.0743. The van der Waals surface area contributed by atoms with Gasteiger partial charge in [0.25, 0.3) is 5.91 Å². The topological polar surface area (TPSA) is 55.3 Å². The molecule has 2 aromatic carbocycles. The number of nitrogens with zero attached hydrogens (tertiary/aromatic N) is 3. The van der Waals surface area contributed by atoms with Crippen LogP contribution in [-0.4, -0.2) is 22.5 Å². The van der Waals surface area contributed by atoms with Crippen LogP contribution in [0.25, 0.3) is 10.2 Å². The molecule has 0 radical (unpaired) electrons. The summed E-state index contributed by atoms with van der Waals surface area (Å²) in [5, 5.41) is 0.659. The Kier molecular flexibility index (Phi) is 5.77. The van der Waals surface area contributed by atoms with Crippen molar-refractivity contribution in [3.8, 4) is 5.75 Å². The lowest BCUT2D eigenvalue weighted by atomic mass is 10.1. The van der Waals surface area contributed by atoms with Crippen molar-refractivity contribution in [3.63, 3.8) is 0 Å². The van der Waals surface area contributed by atoms with Crippen LogP contribution >= 0.6 is 11.3 Å². The third-order valence-electron chi connectivity index (χ3n) is 4.67. The summed E-state index contributed by atoms with van der Waals surface area (Å²) >= 11 is 1.49. The van der Waals surface area contributed by atoms with E-state index in [1.807, 2.05) is 63.2 Å². The van der Waals surface area contributed by atoms with E-state index in [2.05, 4.69) is 11.1 Å². The second-order valence-corrected chi connectivity index (χ2v) is 8.20. The summed E-state index contributed by atoms with van der Waals surface area (Å²) in [6, 6.07) is 15.6. The molecular weight excluding hydrogens is 394 g/mol. The number of carbonyl (C=O) groups is 1. The molecule has 6 heteroatoms. The van der Waals surface area contributed by atoms with Crippen LogP contribution in [0.15, 0.2) is 60.9 Å². The number of aromatic nitrogens is 2. The van der Waals surface area contributed by atoms with E-state index in [0.717, 1.165) is 32.7 Å². The van der Waals surface area contributed by atoms with E-state index in [0.29, 0.717) is 23.8 Å². The monoisotopic (exact) mass is 417 g/mol. The number of pyridine rings is 1. The smallest absolute Gasteiger partial charge is 0.260 e. The van der Waals surface area contributed by atoms with E-state index in [1.54, 1.807) is 17.3 Å². The van der Waals surface area contributed by atoms with Crippen LogP contribution in [0.4, 0.5) is 5.13 Å². The number of hydrogen-bond donors (Lipinski definition) is 0. The van der Waals surface area contributed by atoms with E-state index >= 15 is 0 Å². The average Bonchev–Trinajstić information content (AvgIpc) is 3.15. The van der Waals surface area contributed by atoms with Gasteiger partial charge in [0.2, 0.25) is 0 Å². The molecular formula is C24H23N3O2S. The largest absolute Gasteiger partial charge is 0.494 e. The third kappa shape index (κ3) is 4.33. The highest BCUT2D eigenvalue weighted by atomic mass is 32.1. The van der Waals surface area contributed by atoms with Crippen LogP contribution in [0.1, 0.15) is 34.0 Å². The van der Waals surface area contributed by atoms with Crippen molar-refractivity contribution >= 4 is 32.6 Å². The molecule has 1 amide bonds. The zero-order valence-corrected chi connectivity index (χ0v) is 18.1. The van der Waals surface area contributed by atoms with Gasteiger partial charge in [-0.25, -0.2) is 4.98 Å². The number of fused-ring (bicyclic) bond motifs is 1. The van der Waals surface area contributed by atoms with Crippen molar-refractivity contribution in [2.45, 2.75) is 27.3 Å². The maximum Gasteiger partial charge on any atom is 0.260 e. The summed E-state index contributed by atoms with van der Waals surface area (Å²) < 4.78 is 6.60. The number of carbonyl (C=O) groups excluding carboxylic acids is 1. The number of amides is 1. The average molecular weight is 418 g/mol. The Morgan fingerprint density at radius 1 is 1.10 bits per heavy atom. The van der Waals surface area contributed by atoms with E-state index in [9.17, 15) is 4.79 Å². The molecule has 0 spiro atoms. The van der Waals surface area contributed by atoms with Crippen molar-refractivity contribution in [1.29, 1.82) is 0 Å². The maximum atomic E-state index is 13.5. The molecule has 0 unspecified atom stereocenters. The minimum atomic E-state index is -0.0743. The molecule has 30 heavy (non-hydrogen) atoms. The fraction of sp³-hybridized carbons (Fsp3) is 0.208. The first kappa shape index (κ1) is 20.0. The van der Waals surface area contributed by atoms with Gasteiger partial charge in [-0.05, 0) is 62.7 Å². The van der Waals surface area contributed by atoms with Crippen LogP contribution < -0.4 is 9.64 Å². The Balaban J connectivity index is 1.76. The third-order valence-corrected chi connectivity index (χ3v) is 5.71. The van der Waals surface area contributed by atoms with Crippen LogP contribution in [0, 0.1) is 13.8 Å².